The molecule has 0 aliphatic rings. The minimum atomic E-state index is -0.642. The third kappa shape index (κ3) is 2.67. The van der Waals surface area contributed by atoms with Crippen LogP contribution in [0, 0.1) is 12.7 Å². The summed E-state index contributed by atoms with van der Waals surface area (Å²) in [6.07, 6.45) is -0.112. The molecule has 0 amide bonds. The van der Waals surface area contributed by atoms with E-state index in [9.17, 15) is 9.50 Å². The molecule has 0 radical (unpaired) electrons. The van der Waals surface area contributed by atoms with Crippen molar-refractivity contribution in [2.45, 2.75) is 19.4 Å². The van der Waals surface area contributed by atoms with Gasteiger partial charge in [-0.2, -0.15) is 0 Å². The number of rotatable bonds is 3. The fourth-order valence-electron chi connectivity index (χ4n) is 2.73. The largest absolute Gasteiger partial charge is 0.388 e. The van der Waals surface area contributed by atoms with Crippen LogP contribution in [0.15, 0.2) is 60.7 Å². The Bertz CT molecular complexity index is 779. The molecular formula is C19H17FO. The van der Waals surface area contributed by atoms with Crippen LogP contribution in [-0.2, 0) is 6.42 Å². The van der Waals surface area contributed by atoms with Gasteiger partial charge in [-0.3, -0.25) is 0 Å². The van der Waals surface area contributed by atoms with Gasteiger partial charge in [0, 0.05) is 11.8 Å². The van der Waals surface area contributed by atoms with E-state index in [0.29, 0.717) is 11.8 Å². The van der Waals surface area contributed by atoms with Crippen molar-refractivity contribution in [2.75, 3.05) is 0 Å². The van der Waals surface area contributed by atoms with E-state index >= 15 is 0 Å². The molecule has 0 bridgehead atoms. The van der Waals surface area contributed by atoms with Crippen LogP contribution in [0.3, 0.4) is 0 Å². The molecule has 0 aliphatic heterocycles. The summed E-state index contributed by atoms with van der Waals surface area (Å²) in [5.41, 5.74) is 3.04. The van der Waals surface area contributed by atoms with Gasteiger partial charge in [-0.15, -0.1) is 0 Å². The van der Waals surface area contributed by atoms with Gasteiger partial charge >= 0.3 is 0 Å². The zero-order valence-electron chi connectivity index (χ0n) is 11.9. The molecule has 3 aromatic rings. The van der Waals surface area contributed by atoms with Crippen molar-refractivity contribution in [3.63, 3.8) is 0 Å². The lowest BCUT2D eigenvalue weighted by Gasteiger charge is -2.15. The van der Waals surface area contributed by atoms with Crippen LogP contribution in [0.2, 0.25) is 0 Å². The Morgan fingerprint density at radius 3 is 2.33 bits per heavy atom. The van der Waals surface area contributed by atoms with Gasteiger partial charge in [-0.05, 0) is 35.1 Å². The van der Waals surface area contributed by atoms with E-state index in [1.807, 2.05) is 49.4 Å². The van der Waals surface area contributed by atoms with Gasteiger partial charge in [0.05, 0.1) is 6.10 Å². The molecule has 3 rings (SSSR count). The smallest absolute Gasteiger partial charge is 0.131 e. The van der Waals surface area contributed by atoms with E-state index in [1.54, 1.807) is 12.1 Å². The number of hydrogen-bond donors (Lipinski definition) is 1. The molecule has 1 unspecified atom stereocenters. The average Bonchev–Trinajstić information content (AvgIpc) is 2.50. The Balaban J connectivity index is 2.01. The lowest BCUT2D eigenvalue weighted by atomic mass is 9.94. The Hall–Kier alpha value is -2.19. The van der Waals surface area contributed by atoms with E-state index < -0.39 is 6.10 Å². The van der Waals surface area contributed by atoms with Crippen molar-refractivity contribution >= 4 is 10.8 Å². The number of aliphatic hydroxyl groups excluding tert-OH is 1. The number of fused-ring (bicyclic) bond motifs is 1. The van der Waals surface area contributed by atoms with Gasteiger partial charge < -0.3 is 5.11 Å². The van der Waals surface area contributed by atoms with Crippen LogP contribution in [0.1, 0.15) is 22.8 Å². The molecular weight excluding hydrogens is 263 g/mol. The highest BCUT2D eigenvalue weighted by Crippen LogP contribution is 2.29. The number of aryl methyl sites for hydroxylation is 1. The van der Waals surface area contributed by atoms with Crippen LogP contribution >= 0.6 is 0 Å². The molecule has 106 valence electrons. The highest BCUT2D eigenvalue weighted by atomic mass is 19.1. The molecule has 0 heterocycles. The van der Waals surface area contributed by atoms with Crippen LogP contribution < -0.4 is 0 Å². The van der Waals surface area contributed by atoms with E-state index in [-0.39, 0.29) is 5.82 Å². The number of halogens is 1. The van der Waals surface area contributed by atoms with E-state index in [2.05, 4.69) is 0 Å². The molecule has 0 saturated heterocycles. The van der Waals surface area contributed by atoms with Gasteiger partial charge in [-0.25, -0.2) is 4.39 Å². The number of hydrogen-bond acceptors (Lipinski definition) is 1. The zero-order chi connectivity index (χ0) is 14.8. The third-order valence-electron chi connectivity index (χ3n) is 3.94. The van der Waals surface area contributed by atoms with Crippen LogP contribution in [0.4, 0.5) is 4.39 Å². The van der Waals surface area contributed by atoms with Crippen molar-refractivity contribution in [2.24, 2.45) is 0 Å². The summed E-state index contributed by atoms with van der Waals surface area (Å²) in [6, 6.07) is 18.4. The first-order valence-corrected chi connectivity index (χ1v) is 7.06. The molecule has 1 N–H and O–H groups in total. The topological polar surface area (TPSA) is 20.2 Å². The first-order chi connectivity index (χ1) is 10.2. The summed E-state index contributed by atoms with van der Waals surface area (Å²) in [7, 11) is 0. The van der Waals surface area contributed by atoms with Crippen LogP contribution in [0.5, 0.6) is 0 Å². The lowest BCUT2D eigenvalue weighted by molar-refractivity contribution is 0.180. The molecule has 0 aliphatic carbocycles. The van der Waals surface area contributed by atoms with Crippen LogP contribution in [0.25, 0.3) is 10.8 Å². The zero-order valence-corrected chi connectivity index (χ0v) is 11.9. The lowest BCUT2D eigenvalue weighted by Crippen LogP contribution is -2.04. The summed E-state index contributed by atoms with van der Waals surface area (Å²) in [6.45, 7) is 2.03. The molecule has 1 nitrogen and oxygen atoms in total. The first-order valence-electron chi connectivity index (χ1n) is 7.06. The summed E-state index contributed by atoms with van der Waals surface area (Å²) < 4.78 is 13.8. The van der Waals surface area contributed by atoms with Crippen molar-refractivity contribution in [1.82, 2.24) is 0 Å². The summed E-state index contributed by atoms with van der Waals surface area (Å²) in [5, 5.41) is 11.9. The fourth-order valence-corrected chi connectivity index (χ4v) is 2.73. The molecule has 1 atom stereocenters. The second-order valence-corrected chi connectivity index (χ2v) is 5.33. The molecule has 0 spiro atoms. The quantitative estimate of drug-likeness (QED) is 0.745. The molecule has 2 heteroatoms. The Kier molecular flexibility index (Phi) is 3.72. The Morgan fingerprint density at radius 2 is 1.57 bits per heavy atom. The predicted molar refractivity (Wildman–Crippen MR) is 83.7 cm³/mol. The Labute approximate surface area is 123 Å². The van der Waals surface area contributed by atoms with Crippen molar-refractivity contribution < 1.29 is 9.50 Å². The minimum absolute atomic E-state index is 0.252. The maximum absolute atomic E-state index is 13.8. The molecule has 0 aromatic heterocycles. The standard InChI is InChI=1S/C19H17FO/c1-13-6-2-3-7-14(13)12-19(21)17-10-11-18(20)16-9-5-4-8-15(16)17/h2-11,19,21H,12H2,1H3. The fraction of sp³-hybridized carbons (Fsp3) is 0.158. The highest BCUT2D eigenvalue weighted by Gasteiger charge is 2.14. The predicted octanol–water partition coefficient (Wildman–Crippen LogP) is 4.56. The summed E-state index contributed by atoms with van der Waals surface area (Å²) >= 11 is 0. The number of benzene rings is 3. The van der Waals surface area contributed by atoms with E-state index in [4.69, 9.17) is 0 Å². The second-order valence-electron chi connectivity index (χ2n) is 5.33. The van der Waals surface area contributed by atoms with Gasteiger partial charge in [0.1, 0.15) is 5.82 Å². The number of aliphatic hydroxyl groups is 1. The normalized spacial score (nSPS) is 12.5. The average molecular weight is 280 g/mol. The van der Waals surface area contributed by atoms with Crippen molar-refractivity contribution in [3.8, 4) is 0 Å². The van der Waals surface area contributed by atoms with Gasteiger partial charge in [0.2, 0.25) is 0 Å². The molecule has 3 aromatic carbocycles. The monoisotopic (exact) mass is 280 g/mol. The van der Waals surface area contributed by atoms with E-state index in [1.165, 1.54) is 6.07 Å². The van der Waals surface area contributed by atoms with Crippen LogP contribution in [-0.4, -0.2) is 5.11 Å². The van der Waals surface area contributed by atoms with Gasteiger partial charge in [0.15, 0.2) is 0 Å². The SMILES string of the molecule is Cc1ccccc1CC(O)c1ccc(F)c2ccccc12. The first kappa shape index (κ1) is 13.8. The maximum atomic E-state index is 13.8. The minimum Gasteiger partial charge on any atom is -0.388 e. The molecule has 21 heavy (non-hydrogen) atoms. The maximum Gasteiger partial charge on any atom is 0.131 e. The van der Waals surface area contributed by atoms with Crippen molar-refractivity contribution in [3.05, 3.63) is 83.2 Å². The molecule has 0 fully saturated rings. The summed E-state index contributed by atoms with van der Waals surface area (Å²) in [5.74, 6) is -0.252. The third-order valence-corrected chi connectivity index (χ3v) is 3.94. The van der Waals surface area contributed by atoms with Crippen molar-refractivity contribution in [1.29, 1.82) is 0 Å². The Morgan fingerprint density at radius 1 is 0.905 bits per heavy atom. The summed E-state index contributed by atoms with van der Waals surface area (Å²) in [4.78, 5) is 0. The molecule has 0 saturated carbocycles. The van der Waals surface area contributed by atoms with Gasteiger partial charge in [-0.1, -0.05) is 54.6 Å². The highest BCUT2D eigenvalue weighted by molar-refractivity contribution is 5.86. The van der Waals surface area contributed by atoms with Gasteiger partial charge in [0.25, 0.3) is 0 Å². The second kappa shape index (κ2) is 5.66. The van der Waals surface area contributed by atoms with E-state index in [0.717, 1.165) is 22.1 Å².